The number of ether oxygens (including phenoxy) is 1. The Morgan fingerprint density at radius 3 is 2.67 bits per heavy atom. The second-order valence-corrected chi connectivity index (χ2v) is 6.05. The van der Waals surface area contributed by atoms with Gasteiger partial charge in [0.15, 0.2) is 0 Å². The summed E-state index contributed by atoms with van der Waals surface area (Å²) in [7, 11) is 1.61. The molecule has 116 valence electrons. The van der Waals surface area contributed by atoms with Crippen LogP contribution in [0.4, 0.5) is 0 Å². The number of amides is 1. The van der Waals surface area contributed by atoms with Gasteiger partial charge in [0.2, 0.25) is 5.91 Å². The first-order valence-electron chi connectivity index (χ1n) is 6.98. The molecular formula is C15H20Cl2N2O2. The van der Waals surface area contributed by atoms with Gasteiger partial charge < -0.3 is 15.0 Å². The highest BCUT2D eigenvalue weighted by Crippen LogP contribution is 2.28. The molecule has 2 saturated heterocycles. The van der Waals surface area contributed by atoms with Gasteiger partial charge in [-0.3, -0.25) is 4.79 Å². The molecule has 4 nitrogen and oxygen atoms in total. The van der Waals surface area contributed by atoms with E-state index in [1.165, 1.54) is 0 Å². The summed E-state index contributed by atoms with van der Waals surface area (Å²) in [5.41, 5.74) is 0.861. The van der Waals surface area contributed by atoms with Crippen molar-refractivity contribution in [2.45, 2.75) is 6.42 Å². The molecule has 0 spiro atoms. The third-order valence-electron chi connectivity index (χ3n) is 4.33. The van der Waals surface area contributed by atoms with Gasteiger partial charge in [0.25, 0.3) is 0 Å². The predicted octanol–water partition coefficient (Wildman–Crippen LogP) is 1.99. The van der Waals surface area contributed by atoms with Gasteiger partial charge in [0.05, 0.1) is 13.5 Å². The minimum absolute atomic E-state index is 0. The number of nitrogens with one attached hydrogen (secondary N) is 1. The van der Waals surface area contributed by atoms with Crippen molar-refractivity contribution in [2.24, 2.45) is 11.8 Å². The maximum absolute atomic E-state index is 12.4. The van der Waals surface area contributed by atoms with E-state index in [1.54, 1.807) is 13.2 Å². The van der Waals surface area contributed by atoms with Crippen molar-refractivity contribution in [3.63, 3.8) is 0 Å². The highest BCUT2D eigenvalue weighted by molar-refractivity contribution is 6.30. The molecule has 1 aromatic carbocycles. The summed E-state index contributed by atoms with van der Waals surface area (Å²) >= 11 is 6.01. The molecule has 0 aromatic heterocycles. The Morgan fingerprint density at radius 2 is 2.05 bits per heavy atom. The lowest BCUT2D eigenvalue weighted by molar-refractivity contribution is -0.129. The van der Waals surface area contributed by atoms with E-state index in [2.05, 4.69) is 5.32 Å². The highest BCUT2D eigenvalue weighted by Gasteiger charge is 2.37. The van der Waals surface area contributed by atoms with Crippen LogP contribution in [0.3, 0.4) is 0 Å². The SMILES string of the molecule is COc1ccc(Cl)cc1CC(=O)N1C[C@H]2CNC[C@H]2C1.Cl. The molecule has 1 aromatic rings. The monoisotopic (exact) mass is 330 g/mol. The number of fused-ring (bicyclic) bond motifs is 1. The van der Waals surface area contributed by atoms with Crippen LogP contribution in [-0.4, -0.2) is 44.1 Å². The lowest BCUT2D eigenvalue weighted by Gasteiger charge is -2.18. The highest BCUT2D eigenvalue weighted by atomic mass is 35.5. The van der Waals surface area contributed by atoms with E-state index < -0.39 is 0 Å². The van der Waals surface area contributed by atoms with Crippen molar-refractivity contribution < 1.29 is 9.53 Å². The quantitative estimate of drug-likeness (QED) is 0.921. The molecule has 0 radical (unpaired) electrons. The van der Waals surface area contributed by atoms with Crippen molar-refractivity contribution in [1.82, 2.24) is 10.2 Å². The van der Waals surface area contributed by atoms with Crippen molar-refractivity contribution in [1.29, 1.82) is 0 Å². The van der Waals surface area contributed by atoms with Gasteiger partial charge in [0, 0.05) is 36.8 Å². The van der Waals surface area contributed by atoms with Crippen LogP contribution in [0.1, 0.15) is 5.56 Å². The molecule has 2 aliphatic heterocycles. The van der Waals surface area contributed by atoms with Crippen LogP contribution in [0, 0.1) is 11.8 Å². The fourth-order valence-corrected chi connectivity index (χ4v) is 3.41. The summed E-state index contributed by atoms with van der Waals surface area (Å²) in [5.74, 6) is 2.14. The number of hydrogen-bond donors (Lipinski definition) is 1. The van der Waals surface area contributed by atoms with Gasteiger partial charge in [-0.05, 0) is 30.0 Å². The summed E-state index contributed by atoms with van der Waals surface area (Å²) < 4.78 is 5.30. The number of benzene rings is 1. The maximum Gasteiger partial charge on any atom is 0.227 e. The smallest absolute Gasteiger partial charge is 0.227 e. The average Bonchev–Trinajstić information content (AvgIpc) is 2.99. The molecule has 0 bridgehead atoms. The van der Waals surface area contributed by atoms with Crippen LogP contribution in [0.2, 0.25) is 5.02 Å². The predicted molar refractivity (Wildman–Crippen MR) is 85.4 cm³/mol. The van der Waals surface area contributed by atoms with Crippen molar-refractivity contribution in [3.05, 3.63) is 28.8 Å². The van der Waals surface area contributed by atoms with E-state index in [1.807, 2.05) is 17.0 Å². The van der Waals surface area contributed by atoms with Crippen molar-refractivity contribution in [3.8, 4) is 5.75 Å². The Balaban J connectivity index is 0.00000161. The standard InChI is InChI=1S/C15H19ClN2O2.ClH/c1-20-14-3-2-13(16)4-10(14)5-15(19)18-8-11-6-17-7-12(11)9-18;/h2-4,11-12,17H,5-9H2,1H3;1H/t11-,12+;. The van der Waals surface area contributed by atoms with E-state index in [-0.39, 0.29) is 18.3 Å². The number of hydrogen-bond acceptors (Lipinski definition) is 3. The van der Waals surface area contributed by atoms with Gasteiger partial charge >= 0.3 is 0 Å². The Labute approximate surface area is 136 Å². The topological polar surface area (TPSA) is 41.6 Å². The van der Waals surface area contributed by atoms with Crippen LogP contribution in [0.15, 0.2) is 18.2 Å². The normalized spacial score (nSPS) is 23.6. The van der Waals surface area contributed by atoms with Crippen LogP contribution in [-0.2, 0) is 11.2 Å². The minimum atomic E-state index is 0. The van der Waals surface area contributed by atoms with Crippen molar-refractivity contribution >= 4 is 29.9 Å². The molecule has 1 N–H and O–H groups in total. The molecule has 2 fully saturated rings. The Kier molecular flexibility index (Phi) is 5.36. The molecule has 6 heteroatoms. The van der Waals surface area contributed by atoms with Gasteiger partial charge in [0.1, 0.15) is 5.75 Å². The molecule has 1 amide bonds. The first-order valence-corrected chi connectivity index (χ1v) is 7.36. The fraction of sp³-hybridized carbons (Fsp3) is 0.533. The summed E-state index contributed by atoms with van der Waals surface area (Å²) in [4.78, 5) is 14.4. The molecule has 0 unspecified atom stereocenters. The number of carbonyl (C=O) groups excluding carboxylic acids is 1. The number of carbonyl (C=O) groups is 1. The summed E-state index contributed by atoms with van der Waals surface area (Å²) in [6.07, 6.45) is 0.358. The van der Waals surface area contributed by atoms with Gasteiger partial charge in [-0.25, -0.2) is 0 Å². The summed E-state index contributed by atoms with van der Waals surface area (Å²) in [6.45, 7) is 3.82. The zero-order valence-electron chi connectivity index (χ0n) is 12.0. The second-order valence-electron chi connectivity index (χ2n) is 5.61. The summed E-state index contributed by atoms with van der Waals surface area (Å²) in [5, 5.41) is 4.02. The molecule has 21 heavy (non-hydrogen) atoms. The van der Waals surface area contributed by atoms with E-state index in [0.717, 1.165) is 37.5 Å². The van der Waals surface area contributed by atoms with Crippen LogP contribution >= 0.6 is 24.0 Å². The number of halogens is 2. The molecule has 2 atom stereocenters. The van der Waals surface area contributed by atoms with Crippen LogP contribution < -0.4 is 10.1 Å². The average molecular weight is 331 g/mol. The van der Waals surface area contributed by atoms with Crippen LogP contribution in [0.25, 0.3) is 0 Å². The third kappa shape index (κ3) is 3.44. The Hall–Kier alpha value is -0.970. The maximum atomic E-state index is 12.4. The number of methoxy groups -OCH3 is 1. The Bertz CT molecular complexity index is 512. The third-order valence-corrected chi connectivity index (χ3v) is 4.56. The first-order chi connectivity index (χ1) is 9.67. The van der Waals surface area contributed by atoms with Gasteiger partial charge in [-0.1, -0.05) is 11.6 Å². The molecule has 0 saturated carbocycles. The largest absolute Gasteiger partial charge is 0.496 e. The van der Waals surface area contributed by atoms with Gasteiger partial charge in [-0.15, -0.1) is 12.4 Å². The van der Waals surface area contributed by atoms with Crippen molar-refractivity contribution in [2.75, 3.05) is 33.3 Å². The van der Waals surface area contributed by atoms with E-state index >= 15 is 0 Å². The second kappa shape index (κ2) is 6.86. The zero-order valence-corrected chi connectivity index (χ0v) is 13.5. The summed E-state index contributed by atoms with van der Waals surface area (Å²) in [6, 6.07) is 5.41. The van der Waals surface area contributed by atoms with E-state index in [4.69, 9.17) is 16.3 Å². The van der Waals surface area contributed by atoms with E-state index in [9.17, 15) is 4.79 Å². The fourth-order valence-electron chi connectivity index (χ4n) is 3.22. The molecule has 3 rings (SSSR count). The number of nitrogens with zero attached hydrogens (tertiary/aromatic N) is 1. The molecule has 2 heterocycles. The zero-order chi connectivity index (χ0) is 14.1. The first kappa shape index (κ1) is 16.4. The van der Waals surface area contributed by atoms with Crippen LogP contribution in [0.5, 0.6) is 5.75 Å². The minimum Gasteiger partial charge on any atom is -0.496 e. The number of rotatable bonds is 3. The lowest BCUT2D eigenvalue weighted by Crippen LogP contribution is -2.33. The Morgan fingerprint density at radius 1 is 1.38 bits per heavy atom. The number of likely N-dealkylation sites (tertiary alicyclic amines) is 1. The van der Waals surface area contributed by atoms with E-state index in [0.29, 0.717) is 23.3 Å². The molecular weight excluding hydrogens is 311 g/mol. The molecule has 0 aliphatic carbocycles. The lowest BCUT2D eigenvalue weighted by atomic mass is 10.0. The molecule has 2 aliphatic rings. The van der Waals surface area contributed by atoms with Gasteiger partial charge in [-0.2, -0.15) is 0 Å².